The summed E-state index contributed by atoms with van der Waals surface area (Å²) < 4.78 is 12.6. The molecular formula is C18H19N3O3. The van der Waals surface area contributed by atoms with Gasteiger partial charge >= 0.3 is 5.97 Å². The highest BCUT2D eigenvalue weighted by Crippen LogP contribution is 2.20. The first-order valence-electron chi connectivity index (χ1n) is 7.81. The summed E-state index contributed by atoms with van der Waals surface area (Å²) >= 11 is 0. The van der Waals surface area contributed by atoms with Crippen LogP contribution in [0, 0.1) is 6.92 Å². The van der Waals surface area contributed by atoms with Gasteiger partial charge in [0.2, 0.25) is 0 Å². The Morgan fingerprint density at radius 1 is 1.17 bits per heavy atom. The molecule has 0 saturated carbocycles. The van der Waals surface area contributed by atoms with E-state index in [2.05, 4.69) is 10.2 Å². The standard InChI is InChI=1S/C18H19N3O3/c1-3-24-18(22)16-13(2)15-9-10-21(17(15)20-19-16)12-23-11-14-7-5-4-6-8-14/h4-10H,3,11-12H2,1-2H3. The first-order chi connectivity index (χ1) is 11.7. The first kappa shape index (κ1) is 16.1. The van der Waals surface area contributed by atoms with Crippen LogP contribution in [-0.4, -0.2) is 27.3 Å². The summed E-state index contributed by atoms with van der Waals surface area (Å²) in [4.78, 5) is 11.9. The molecule has 0 aliphatic carbocycles. The van der Waals surface area contributed by atoms with Crippen molar-refractivity contribution in [1.29, 1.82) is 0 Å². The summed E-state index contributed by atoms with van der Waals surface area (Å²) in [6, 6.07) is 11.9. The maximum atomic E-state index is 11.9. The Kier molecular flexibility index (Phi) is 4.86. The number of nitrogens with zero attached hydrogens (tertiary/aromatic N) is 3. The number of hydrogen-bond acceptors (Lipinski definition) is 5. The Morgan fingerprint density at radius 3 is 2.71 bits per heavy atom. The minimum Gasteiger partial charge on any atom is -0.461 e. The molecule has 0 N–H and O–H groups in total. The number of carbonyl (C=O) groups excluding carboxylic acids is 1. The molecule has 0 radical (unpaired) electrons. The van der Waals surface area contributed by atoms with Gasteiger partial charge in [0.15, 0.2) is 11.3 Å². The van der Waals surface area contributed by atoms with Gasteiger partial charge < -0.3 is 14.0 Å². The third-order valence-corrected chi connectivity index (χ3v) is 3.75. The number of benzene rings is 1. The molecule has 0 bridgehead atoms. The van der Waals surface area contributed by atoms with Gasteiger partial charge in [0.25, 0.3) is 0 Å². The predicted molar refractivity (Wildman–Crippen MR) is 89.5 cm³/mol. The highest BCUT2D eigenvalue weighted by molar-refractivity contribution is 5.94. The monoisotopic (exact) mass is 325 g/mol. The fourth-order valence-corrected chi connectivity index (χ4v) is 2.50. The molecule has 1 aromatic carbocycles. The van der Waals surface area contributed by atoms with E-state index < -0.39 is 5.97 Å². The maximum absolute atomic E-state index is 11.9. The molecular weight excluding hydrogens is 306 g/mol. The second kappa shape index (κ2) is 7.23. The van der Waals surface area contributed by atoms with Crippen molar-refractivity contribution in [3.63, 3.8) is 0 Å². The lowest BCUT2D eigenvalue weighted by molar-refractivity contribution is 0.0517. The van der Waals surface area contributed by atoms with Crippen LogP contribution in [0.25, 0.3) is 11.0 Å². The van der Waals surface area contributed by atoms with Crippen molar-refractivity contribution in [2.45, 2.75) is 27.2 Å². The number of ether oxygens (including phenoxy) is 2. The number of aromatic nitrogens is 3. The summed E-state index contributed by atoms with van der Waals surface area (Å²) in [5.41, 5.74) is 2.82. The average Bonchev–Trinajstić information content (AvgIpc) is 3.00. The van der Waals surface area contributed by atoms with Crippen LogP contribution in [0.5, 0.6) is 0 Å². The minimum atomic E-state index is -0.447. The normalized spacial score (nSPS) is 10.9. The van der Waals surface area contributed by atoms with Crippen molar-refractivity contribution in [2.75, 3.05) is 6.61 Å². The van der Waals surface area contributed by atoms with Gasteiger partial charge in [-0.3, -0.25) is 0 Å². The fraction of sp³-hybridized carbons (Fsp3) is 0.278. The lowest BCUT2D eigenvalue weighted by Crippen LogP contribution is -2.11. The van der Waals surface area contributed by atoms with E-state index in [0.29, 0.717) is 25.6 Å². The molecule has 2 aromatic heterocycles. The SMILES string of the molecule is CCOC(=O)c1nnc2c(ccn2COCc2ccccc2)c1C. The Morgan fingerprint density at radius 2 is 1.96 bits per heavy atom. The third-order valence-electron chi connectivity index (χ3n) is 3.75. The van der Waals surface area contributed by atoms with Crippen molar-refractivity contribution in [1.82, 2.24) is 14.8 Å². The molecule has 0 saturated heterocycles. The van der Waals surface area contributed by atoms with Gasteiger partial charge in [-0.2, -0.15) is 0 Å². The van der Waals surface area contributed by atoms with Crippen molar-refractivity contribution in [3.8, 4) is 0 Å². The van der Waals surface area contributed by atoms with Crippen molar-refractivity contribution < 1.29 is 14.3 Å². The van der Waals surface area contributed by atoms with E-state index in [-0.39, 0.29) is 5.69 Å². The Bertz CT molecular complexity index is 843. The number of hydrogen-bond donors (Lipinski definition) is 0. The van der Waals surface area contributed by atoms with Crippen molar-refractivity contribution in [3.05, 3.63) is 59.4 Å². The van der Waals surface area contributed by atoms with Crippen LogP contribution in [0.15, 0.2) is 42.6 Å². The number of carbonyl (C=O) groups is 1. The van der Waals surface area contributed by atoms with Crippen molar-refractivity contribution in [2.24, 2.45) is 0 Å². The van der Waals surface area contributed by atoms with E-state index in [0.717, 1.165) is 16.5 Å². The highest BCUT2D eigenvalue weighted by Gasteiger charge is 2.17. The van der Waals surface area contributed by atoms with Crippen LogP contribution in [0.4, 0.5) is 0 Å². The second-order valence-electron chi connectivity index (χ2n) is 5.38. The maximum Gasteiger partial charge on any atom is 0.359 e. The third kappa shape index (κ3) is 3.28. The Labute approximate surface area is 140 Å². The summed E-state index contributed by atoms with van der Waals surface area (Å²) in [6.07, 6.45) is 1.88. The number of rotatable bonds is 6. The Hall–Kier alpha value is -2.73. The summed E-state index contributed by atoms with van der Waals surface area (Å²) in [6.45, 7) is 4.81. The van der Waals surface area contributed by atoms with Crippen LogP contribution in [-0.2, 0) is 22.8 Å². The number of esters is 1. The van der Waals surface area contributed by atoms with Gasteiger partial charge in [-0.15, -0.1) is 10.2 Å². The summed E-state index contributed by atoms with van der Waals surface area (Å²) in [5.74, 6) is -0.447. The van der Waals surface area contributed by atoms with E-state index >= 15 is 0 Å². The van der Waals surface area contributed by atoms with Gasteiger partial charge in [0.1, 0.15) is 6.73 Å². The van der Waals surface area contributed by atoms with Gasteiger partial charge in [-0.1, -0.05) is 30.3 Å². The van der Waals surface area contributed by atoms with Crippen LogP contribution in [0.3, 0.4) is 0 Å². The van der Waals surface area contributed by atoms with Crippen molar-refractivity contribution >= 4 is 17.0 Å². The molecule has 0 amide bonds. The molecule has 0 atom stereocenters. The molecule has 0 unspecified atom stereocenters. The molecule has 3 aromatic rings. The molecule has 2 heterocycles. The van der Waals surface area contributed by atoms with E-state index in [4.69, 9.17) is 9.47 Å². The van der Waals surface area contributed by atoms with Gasteiger partial charge in [-0.25, -0.2) is 4.79 Å². The molecule has 0 aliphatic rings. The summed E-state index contributed by atoms with van der Waals surface area (Å²) in [5, 5.41) is 9.06. The molecule has 6 heteroatoms. The molecule has 0 aliphatic heterocycles. The molecule has 0 fully saturated rings. The molecule has 6 nitrogen and oxygen atoms in total. The van der Waals surface area contributed by atoms with E-state index in [1.165, 1.54) is 0 Å². The lowest BCUT2D eigenvalue weighted by Gasteiger charge is -2.08. The quantitative estimate of drug-likeness (QED) is 0.652. The molecule has 3 rings (SSSR count). The largest absolute Gasteiger partial charge is 0.461 e. The Balaban J connectivity index is 1.76. The fourth-order valence-electron chi connectivity index (χ4n) is 2.50. The summed E-state index contributed by atoms with van der Waals surface area (Å²) in [7, 11) is 0. The number of aryl methyl sites for hydroxylation is 1. The smallest absolute Gasteiger partial charge is 0.359 e. The van der Waals surface area contributed by atoms with Crippen LogP contribution < -0.4 is 0 Å². The van der Waals surface area contributed by atoms with Crippen LogP contribution in [0.2, 0.25) is 0 Å². The number of fused-ring (bicyclic) bond motifs is 1. The van der Waals surface area contributed by atoms with E-state index in [1.807, 2.05) is 54.1 Å². The van der Waals surface area contributed by atoms with Gasteiger partial charge in [-0.05, 0) is 31.0 Å². The predicted octanol–water partition coefficient (Wildman–Crippen LogP) is 3.09. The van der Waals surface area contributed by atoms with Gasteiger partial charge in [0.05, 0.1) is 13.2 Å². The molecule has 124 valence electrons. The van der Waals surface area contributed by atoms with E-state index in [9.17, 15) is 4.79 Å². The topological polar surface area (TPSA) is 66.2 Å². The minimum absolute atomic E-state index is 0.257. The van der Waals surface area contributed by atoms with Crippen LogP contribution in [0.1, 0.15) is 28.5 Å². The molecule has 24 heavy (non-hydrogen) atoms. The zero-order chi connectivity index (χ0) is 16.9. The van der Waals surface area contributed by atoms with Crippen LogP contribution >= 0.6 is 0 Å². The van der Waals surface area contributed by atoms with E-state index in [1.54, 1.807) is 6.92 Å². The lowest BCUT2D eigenvalue weighted by atomic mass is 10.1. The zero-order valence-electron chi connectivity index (χ0n) is 13.7. The first-order valence-corrected chi connectivity index (χ1v) is 7.81. The second-order valence-corrected chi connectivity index (χ2v) is 5.38. The molecule has 0 spiro atoms. The zero-order valence-corrected chi connectivity index (χ0v) is 13.7. The average molecular weight is 325 g/mol. The highest BCUT2D eigenvalue weighted by atomic mass is 16.5. The van der Waals surface area contributed by atoms with Gasteiger partial charge in [0, 0.05) is 11.6 Å².